The molecule has 12 saturated carbocycles. The van der Waals surface area contributed by atoms with E-state index < -0.39 is 0 Å². The molecule has 0 unspecified atom stereocenters. The topological polar surface area (TPSA) is 234 Å². The number of amidine groups is 4. The Hall–Kier alpha value is -6.44. The smallest absolute Gasteiger partial charge is 0.126 e. The fraction of sp³-hybridized carbons (Fsp3) is 0.667. The second kappa shape index (κ2) is 29.6. The lowest BCUT2D eigenvalue weighted by Gasteiger charge is -2.61. The number of fused-ring (bicyclic) bond motifs is 24. The first-order chi connectivity index (χ1) is 57.6. The van der Waals surface area contributed by atoms with Gasteiger partial charge in [0.05, 0.1) is 50.6 Å². The predicted octanol–water partition coefficient (Wildman–Crippen LogP) is 21.2. The lowest BCUT2D eigenvalue weighted by molar-refractivity contribution is -0.122. The molecular weight excluding hydrogens is 1470 g/mol. The van der Waals surface area contributed by atoms with Crippen molar-refractivity contribution in [2.45, 2.75) is 323 Å². The summed E-state index contributed by atoms with van der Waals surface area (Å²) in [6.07, 6.45) is 49.2. The summed E-state index contributed by atoms with van der Waals surface area (Å²) >= 11 is 0. The molecule has 28 atom stereocenters. The van der Waals surface area contributed by atoms with Gasteiger partial charge >= 0.3 is 0 Å². The van der Waals surface area contributed by atoms with Crippen molar-refractivity contribution in [2.75, 3.05) is 0 Å². The van der Waals surface area contributed by atoms with Crippen LogP contribution >= 0.6 is 0 Å². The molecule has 12 heteroatoms. The highest BCUT2D eigenvalue weighted by Crippen LogP contribution is 2.74. The van der Waals surface area contributed by atoms with Crippen molar-refractivity contribution in [3.05, 3.63) is 175 Å². The van der Waals surface area contributed by atoms with Crippen LogP contribution in [0.25, 0.3) is 11.1 Å². The number of aliphatic imine (C=N–C) groups is 4. The molecule has 0 aromatic heterocycles. The molecule has 4 aromatic rings. The normalized spacial score (nSPS) is 44.4. The Morgan fingerprint density at radius 3 is 1.09 bits per heavy atom. The van der Waals surface area contributed by atoms with Gasteiger partial charge in [0.15, 0.2) is 0 Å². The summed E-state index contributed by atoms with van der Waals surface area (Å²) < 4.78 is 0. The van der Waals surface area contributed by atoms with Crippen LogP contribution in [0, 0.1) is 126 Å². The third-order valence-corrected chi connectivity index (χ3v) is 41.3. The minimum Gasteiger partial charge on any atom is -0.393 e. The third kappa shape index (κ3) is 12.6. The molecule has 0 spiro atoms. The van der Waals surface area contributed by atoms with Crippen molar-refractivity contribution in [1.82, 2.24) is 0 Å². The van der Waals surface area contributed by atoms with Gasteiger partial charge in [-0.15, -0.1) is 0 Å². The summed E-state index contributed by atoms with van der Waals surface area (Å²) in [7, 11) is 0. The minimum atomic E-state index is -0.118. The quantitative estimate of drug-likeness (QED) is 0.0913. The van der Waals surface area contributed by atoms with E-state index in [2.05, 4.69) is 172 Å². The van der Waals surface area contributed by atoms with Crippen LogP contribution in [0.15, 0.2) is 128 Å². The Morgan fingerprint density at radius 1 is 0.300 bits per heavy atom. The van der Waals surface area contributed by atoms with E-state index in [1.165, 1.54) is 187 Å². The first-order valence-electron chi connectivity index (χ1n) is 48.9. The average Bonchev–Trinajstić information content (AvgIpc) is 1.47. The van der Waals surface area contributed by atoms with Crippen molar-refractivity contribution in [3.63, 3.8) is 0 Å². The molecule has 0 amide bonds. The van der Waals surface area contributed by atoms with Crippen LogP contribution in [-0.4, -0.2) is 68.2 Å². The van der Waals surface area contributed by atoms with E-state index in [-0.39, 0.29) is 29.8 Å². The summed E-state index contributed by atoms with van der Waals surface area (Å²) in [5, 5.41) is 41.0. The lowest BCUT2D eigenvalue weighted by Crippen LogP contribution is -2.53. The van der Waals surface area contributed by atoms with Crippen LogP contribution < -0.4 is 22.9 Å². The van der Waals surface area contributed by atoms with E-state index in [0.29, 0.717) is 67.2 Å². The molecule has 24 rings (SSSR count). The van der Waals surface area contributed by atoms with Gasteiger partial charge in [-0.05, 0) is 411 Å². The molecule has 0 radical (unpaired) electrons. The highest BCUT2D eigenvalue weighted by Gasteiger charge is 2.64. The van der Waals surface area contributed by atoms with Gasteiger partial charge in [-0.2, -0.15) is 0 Å². The van der Waals surface area contributed by atoms with Gasteiger partial charge in [0.2, 0.25) is 0 Å². The van der Waals surface area contributed by atoms with Gasteiger partial charge < -0.3 is 43.4 Å². The maximum Gasteiger partial charge on any atom is 0.126 e. The summed E-state index contributed by atoms with van der Waals surface area (Å²) in [6, 6.07) is 27.7. The van der Waals surface area contributed by atoms with Gasteiger partial charge in [0.1, 0.15) is 23.3 Å². The maximum atomic E-state index is 10.3. The second-order valence-electron chi connectivity index (χ2n) is 45.8. The maximum absolute atomic E-state index is 10.3. The second-order valence-corrected chi connectivity index (χ2v) is 45.8. The molecule has 4 heterocycles. The molecule has 4 aromatic carbocycles. The lowest BCUT2D eigenvalue weighted by atomic mass is 9.44. The zero-order chi connectivity index (χ0) is 82.7. The van der Waals surface area contributed by atoms with Crippen LogP contribution in [0.4, 0.5) is 0 Å². The first kappa shape index (κ1) is 80.7. The summed E-state index contributed by atoms with van der Waals surface area (Å²) in [6.45, 7) is 23.5. The molecule has 12 nitrogen and oxygen atoms in total. The Kier molecular flexibility index (Phi) is 19.9. The monoisotopic (exact) mass is 1620 g/mol. The van der Waals surface area contributed by atoms with Crippen LogP contribution in [0.1, 0.15) is 339 Å². The van der Waals surface area contributed by atoms with E-state index in [9.17, 15) is 20.4 Å². The number of hydrogen-bond donors (Lipinski definition) is 8. The SMILES string of the molecule is C[C@]12CC[C@H](O)CC1=CC[C@@H]1[C@@H]2CC[C@]2(C)C(c3ccc4c(c3)CN=C4N)=CC[C@@H]12.C[C@]12CC[C@H](O)C[C@@H]1CC[C@@H]1[C@@H]2CC[C@]2(C)C(c3ccc4c(c3)CN=C4N)=CC[C@@H]12.C[C@]12CC[C@H](O)C[C@@H]1CC[C@@H]1[C@@H]2CC[C@]2(C)[C@@H](c3ccc4c(c3)CN=C4N)CC[C@@H]12.C[C@]12CC[C@H]3[C@@H](CC=C4C[C@@H](O)CC[C@@]43C)[C@@H]1CC[C@@H]2c1ccc2c(c1)CN=C2N. The largest absolute Gasteiger partial charge is 0.393 e. The molecule has 4 aliphatic heterocycles. The van der Waals surface area contributed by atoms with Gasteiger partial charge in [-0.25, -0.2) is 0 Å². The minimum absolute atomic E-state index is 0.0397. The molecule has 120 heavy (non-hydrogen) atoms. The fourth-order valence-corrected chi connectivity index (χ4v) is 34.6. The van der Waals surface area contributed by atoms with Gasteiger partial charge in [-0.1, -0.05) is 152 Å². The summed E-state index contributed by atoms with van der Waals surface area (Å²) in [4.78, 5) is 17.8. The molecule has 16 aliphatic carbocycles. The number of nitrogens with two attached hydrogens (primary N) is 4. The Bertz CT molecular complexity index is 4930. The molecule has 640 valence electrons. The van der Waals surface area contributed by atoms with Crippen LogP contribution in [0.2, 0.25) is 0 Å². The van der Waals surface area contributed by atoms with Crippen molar-refractivity contribution in [1.29, 1.82) is 0 Å². The number of aliphatic hydroxyl groups excluding tert-OH is 4. The zero-order valence-electron chi connectivity index (χ0n) is 74.1. The molecule has 0 bridgehead atoms. The molecular formula is C108H144N8O4. The Balaban J connectivity index is 0.0000000990. The predicted molar refractivity (Wildman–Crippen MR) is 487 cm³/mol. The van der Waals surface area contributed by atoms with Crippen LogP contribution in [0.3, 0.4) is 0 Å². The highest BCUT2D eigenvalue weighted by atomic mass is 16.3. The van der Waals surface area contributed by atoms with Crippen molar-refractivity contribution in [2.24, 2.45) is 169 Å². The summed E-state index contributed by atoms with van der Waals surface area (Å²) in [5.74, 6) is 15.6. The van der Waals surface area contributed by atoms with Crippen LogP contribution in [-0.2, 0) is 26.2 Å². The summed E-state index contributed by atoms with van der Waals surface area (Å²) in [5.41, 5.74) is 49.2. The molecule has 12 N–H and O–H groups in total. The highest BCUT2D eigenvalue weighted by molar-refractivity contribution is 6.03. The number of nitrogens with zero attached hydrogens (tertiary/aromatic N) is 4. The fourth-order valence-electron chi connectivity index (χ4n) is 34.6. The third-order valence-electron chi connectivity index (χ3n) is 41.3. The molecule has 20 aliphatic rings. The Labute approximate surface area is 718 Å². The van der Waals surface area contributed by atoms with Gasteiger partial charge in [-0.3, -0.25) is 20.0 Å². The van der Waals surface area contributed by atoms with Gasteiger partial charge in [0, 0.05) is 22.3 Å². The van der Waals surface area contributed by atoms with E-state index in [0.717, 1.165) is 195 Å². The number of allylic oxidation sites excluding steroid dienone is 6. The van der Waals surface area contributed by atoms with E-state index in [1.807, 2.05) is 0 Å². The Morgan fingerprint density at radius 2 is 0.642 bits per heavy atom. The molecule has 0 saturated heterocycles. The van der Waals surface area contributed by atoms with E-state index in [4.69, 9.17) is 22.9 Å². The number of hydrogen-bond acceptors (Lipinski definition) is 12. The van der Waals surface area contributed by atoms with Crippen molar-refractivity contribution >= 4 is 34.5 Å². The average molecular weight is 1620 g/mol. The van der Waals surface area contributed by atoms with Gasteiger partial charge in [0.25, 0.3) is 0 Å². The zero-order valence-corrected chi connectivity index (χ0v) is 74.1. The van der Waals surface area contributed by atoms with E-state index in [1.54, 1.807) is 27.9 Å². The number of benzene rings is 4. The van der Waals surface area contributed by atoms with Crippen molar-refractivity contribution in [3.8, 4) is 0 Å². The van der Waals surface area contributed by atoms with E-state index >= 15 is 0 Å². The number of aliphatic hydroxyl groups is 4. The van der Waals surface area contributed by atoms with Crippen molar-refractivity contribution < 1.29 is 20.4 Å². The first-order valence-corrected chi connectivity index (χ1v) is 48.9. The molecule has 12 fully saturated rings. The number of rotatable bonds is 4. The standard InChI is InChI=1S/C27H38N2O.2C27H36N2O.C27H34N2O/c4*1-26-11-9-19(30)14-18(26)4-6-21-23-8-7-22(27(23,2)12-10-24(21)26)16-3-5-20-17(13-16)15-29-25(20)28/h3,5,13,18-19,21-24,30H,4,6-12,14-15H2,1-2H3,(H2,28,29);3,5,7,13,18-19,21,23-24,30H,4,6,8-12,14-15H2,1-2H3,(H2,28,29);3-5,13,19,21-24,30H,6-12,14-15H2,1-2H3,(H2,28,29);3-5,7,13,19,21,23-24,30H,6,8-12,14-15H2,1-2H3,(H2,28,29)/t18-,19-,21-,22+,23-,24-,26-,27+;18-,19-,21-,23-,24-,26-,27+;19-,21-,22+,23-,24-,26-,27+;19-,21-,23-,24-,26-,27+/m0000/s1. The van der Waals surface area contributed by atoms with Crippen LogP contribution in [0.5, 0.6) is 0 Å².